The first kappa shape index (κ1) is 19.3. The van der Waals surface area contributed by atoms with Crippen molar-refractivity contribution in [1.82, 2.24) is 9.21 Å². The van der Waals surface area contributed by atoms with Gasteiger partial charge in [-0.3, -0.25) is 4.79 Å². The van der Waals surface area contributed by atoms with Crippen molar-refractivity contribution in [2.45, 2.75) is 56.6 Å². The molecule has 0 N–H and O–H groups in total. The topological polar surface area (TPSA) is 66.9 Å². The van der Waals surface area contributed by atoms with Crippen molar-refractivity contribution >= 4 is 15.9 Å². The molecule has 0 aromatic heterocycles. The van der Waals surface area contributed by atoms with Crippen molar-refractivity contribution in [3.05, 3.63) is 29.8 Å². The third-order valence-electron chi connectivity index (χ3n) is 5.03. The summed E-state index contributed by atoms with van der Waals surface area (Å²) in [5.74, 6) is 0.126. The molecule has 26 heavy (non-hydrogen) atoms. The molecule has 2 fully saturated rings. The monoisotopic (exact) mass is 380 g/mol. The van der Waals surface area contributed by atoms with Crippen LogP contribution in [0.15, 0.2) is 29.2 Å². The molecule has 3 rings (SSSR count). The van der Waals surface area contributed by atoms with E-state index >= 15 is 0 Å². The fourth-order valence-corrected chi connectivity index (χ4v) is 5.21. The Morgan fingerprint density at radius 3 is 2.23 bits per heavy atom. The van der Waals surface area contributed by atoms with Crippen LogP contribution < -0.4 is 0 Å². The van der Waals surface area contributed by atoms with Crippen molar-refractivity contribution in [3.8, 4) is 0 Å². The summed E-state index contributed by atoms with van der Waals surface area (Å²) in [5, 5.41) is 0. The smallest absolute Gasteiger partial charge is 0.243 e. The average molecular weight is 381 g/mol. The number of benzene rings is 1. The molecule has 2 aliphatic heterocycles. The molecule has 6 nitrogen and oxygen atoms in total. The van der Waals surface area contributed by atoms with E-state index < -0.39 is 10.0 Å². The summed E-state index contributed by atoms with van der Waals surface area (Å²) in [6.45, 7) is 6.45. The molecule has 2 saturated heterocycles. The number of amides is 1. The van der Waals surface area contributed by atoms with E-state index in [1.54, 1.807) is 16.4 Å². The first-order valence-corrected chi connectivity index (χ1v) is 10.8. The third kappa shape index (κ3) is 4.45. The van der Waals surface area contributed by atoms with Gasteiger partial charge in [0.15, 0.2) is 0 Å². The summed E-state index contributed by atoms with van der Waals surface area (Å²) in [5.41, 5.74) is 0.980. The van der Waals surface area contributed by atoms with E-state index in [2.05, 4.69) is 0 Å². The Balaban J connectivity index is 1.57. The predicted molar refractivity (Wildman–Crippen MR) is 99.3 cm³/mol. The average Bonchev–Trinajstić information content (AvgIpc) is 3.14. The standard InChI is InChI=1S/C19H28N2O4S/c1-15-13-20(14-16(2)25-15)19(22)10-7-17-5-8-18(9-6-17)26(23,24)21-11-3-4-12-21/h5-6,8-9,15-16H,3-4,7,10-14H2,1-2H3. The van der Waals surface area contributed by atoms with Gasteiger partial charge in [0, 0.05) is 32.6 Å². The van der Waals surface area contributed by atoms with Gasteiger partial charge in [-0.05, 0) is 50.8 Å². The first-order valence-electron chi connectivity index (χ1n) is 9.38. The van der Waals surface area contributed by atoms with Gasteiger partial charge in [0.1, 0.15) is 0 Å². The lowest BCUT2D eigenvalue weighted by molar-refractivity contribution is -0.143. The molecule has 144 valence electrons. The van der Waals surface area contributed by atoms with Crippen molar-refractivity contribution in [2.75, 3.05) is 26.2 Å². The number of aryl methyl sites for hydroxylation is 1. The molecule has 0 saturated carbocycles. The highest BCUT2D eigenvalue weighted by Gasteiger charge is 2.27. The van der Waals surface area contributed by atoms with Gasteiger partial charge >= 0.3 is 0 Å². The minimum absolute atomic E-state index is 0.0674. The second kappa shape index (κ2) is 8.06. The van der Waals surface area contributed by atoms with E-state index in [1.165, 1.54) is 0 Å². The van der Waals surface area contributed by atoms with Crippen LogP contribution in [0.25, 0.3) is 0 Å². The Morgan fingerprint density at radius 2 is 1.65 bits per heavy atom. The highest BCUT2D eigenvalue weighted by molar-refractivity contribution is 7.89. The number of carbonyl (C=O) groups is 1. The van der Waals surface area contributed by atoms with Crippen LogP contribution in [0, 0.1) is 0 Å². The van der Waals surface area contributed by atoms with Gasteiger partial charge in [0.05, 0.1) is 17.1 Å². The van der Waals surface area contributed by atoms with E-state index in [-0.39, 0.29) is 18.1 Å². The van der Waals surface area contributed by atoms with E-state index in [0.717, 1.165) is 18.4 Å². The summed E-state index contributed by atoms with van der Waals surface area (Å²) in [7, 11) is -3.37. The van der Waals surface area contributed by atoms with Crippen LogP contribution in [-0.4, -0.2) is 61.9 Å². The van der Waals surface area contributed by atoms with Gasteiger partial charge < -0.3 is 9.64 Å². The van der Waals surface area contributed by atoms with Gasteiger partial charge in [0.25, 0.3) is 0 Å². The van der Waals surface area contributed by atoms with Crippen molar-refractivity contribution in [2.24, 2.45) is 0 Å². The first-order chi connectivity index (χ1) is 12.4. The van der Waals surface area contributed by atoms with Gasteiger partial charge in [-0.1, -0.05) is 12.1 Å². The molecular weight excluding hydrogens is 352 g/mol. The Morgan fingerprint density at radius 1 is 1.08 bits per heavy atom. The zero-order chi connectivity index (χ0) is 18.7. The van der Waals surface area contributed by atoms with E-state index in [9.17, 15) is 13.2 Å². The number of nitrogens with zero attached hydrogens (tertiary/aromatic N) is 2. The quantitative estimate of drug-likeness (QED) is 0.784. The Kier molecular flexibility index (Phi) is 5.99. The molecule has 2 unspecified atom stereocenters. The Hall–Kier alpha value is -1.44. The molecule has 1 amide bonds. The summed E-state index contributed by atoms with van der Waals surface area (Å²) in [6.07, 6.45) is 3.03. The van der Waals surface area contributed by atoms with Crippen molar-refractivity contribution in [1.29, 1.82) is 0 Å². The zero-order valence-electron chi connectivity index (χ0n) is 15.6. The van der Waals surface area contributed by atoms with Crippen molar-refractivity contribution < 1.29 is 17.9 Å². The van der Waals surface area contributed by atoms with E-state index in [1.807, 2.05) is 30.9 Å². The maximum absolute atomic E-state index is 12.5. The number of hydrogen-bond donors (Lipinski definition) is 0. The van der Waals surface area contributed by atoms with Crippen LogP contribution in [0.5, 0.6) is 0 Å². The van der Waals surface area contributed by atoms with Crippen LogP contribution in [0.4, 0.5) is 0 Å². The predicted octanol–water partition coefficient (Wildman–Crippen LogP) is 2.04. The number of morpholine rings is 1. The fraction of sp³-hybridized carbons (Fsp3) is 0.632. The summed E-state index contributed by atoms with van der Waals surface area (Å²) in [6, 6.07) is 6.96. The Labute approximate surface area is 156 Å². The van der Waals surface area contributed by atoms with Crippen LogP contribution >= 0.6 is 0 Å². The maximum atomic E-state index is 12.5. The van der Waals surface area contributed by atoms with E-state index in [0.29, 0.717) is 43.9 Å². The minimum atomic E-state index is -3.37. The summed E-state index contributed by atoms with van der Waals surface area (Å²) < 4.78 is 32.3. The molecule has 0 bridgehead atoms. The second-order valence-electron chi connectivity index (χ2n) is 7.31. The summed E-state index contributed by atoms with van der Waals surface area (Å²) in [4.78, 5) is 14.6. The molecule has 7 heteroatoms. The van der Waals surface area contributed by atoms with Crippen molar-refractivity contribution in [3.63, 3.8) is 0 Å². The normalized spacial score (nSPS) is 24.8. The number of rotatable bonds is 5. The SMILES string of the molecule is CC1CN(C(=O)CCc2ccc(S(=O)(=O)N3CCCC3)cc2)CC(C)O1. The molecule has 2 aliphatic rings. The summed E-state index contributed by atoms with van der Waals surface area (Å²) >= 11 is 0. The lowest BCUT2D eigenvalue weighted by Gasteiger charge is -2.35. The number of carbonyl (C=O) groups excluding carboxylic acids is 1. The van der Waals surface area contributed by atoms with Gasteiger partial charge in [0.2, 0.25) is 15.9 Å². The van der Waals surface area contributed by atoms with Gasteiger partial charge in [-0.15, -0.1) is 0 Å². The van der Waals surface area contributed by atoms with Gasteiger partial charge in [-0.2, -0.15) is 4.31 Å². The molecule has 0 spiro atoms. The molecule has 1 aromatic rings. The fourth-order valence-electron chi connectivity index (χ4n) is 3.70. The maximum Gasteiger partial charge on any atom is 0.243 e. The largest absolute Gasteiger partial charge is 0.372 e. The lowest BCUT2D eigenvalue weighted by Crippen LogP contribution is -2.48. The third-order valence-corrected chi connectivity index (χ3v) is 6.94. The minimum Gasteiger partial charge on any atom is -0.372 e. The highest BCUT2D eigenvalue weighted by Crippen LogP contribution is 2.21. The van der Waals surface area contributed by atoms with E-state index in [4.69, 9.17) is 4.74 Å². The molecule has 1 aromatic carbocycles. The van der Waals surface area contributed by atoms with Crippen LogP contribution in [0.1, 0.15) is 38.7 Å². The number of sulfonamides is 1. The number of hydrogen-bond acceptors (Lipinski definition) is 4. The molecule has 2 heterocycles. The van der Waals surface area contributed by atoms with Crippen LogP contribution in [0.2, 0.25) is 0 Å². The highest BCUT2D eigenvalue weighted by atomic mass is 32.2. The van der Waals surface area contributed by atoms with Gasteiger partial charge in [-0.25, -0.2) is 8.42 Å². The molecule has 0 radical (unpaired) electrons. The zero-order valence-corrected chi connectivity index (χ0v) is 16.4. The Bertz CT molecular complexity index is 716. The molecule has 2 atom stereocenters. The lowest BCUT2D eigenvalue weighted by atomic mass is 10.1. The van der Waals surface area contributed by atoms with Crippen LogP contribution in [-0.2, 0) is 26.0 Å². The number of ether oxygens (including phenoxy) is 1. The second-order valence-corrected chi connectivity index (χ2v) is 9.25. The molecular formula is C19H28N2O4S. The van der Waals surface area contributed by atoms with Crippen LogP contribution in [0.3, 0.4) is 0 Å². The molecule has 0 aliphatic carbocycles.